The minimum Gasteiger partial charge on any atom is -0.444 e. The molecule has 22 heavy (non-hydrogen) atoms. The summed E-state index contributed by atoms with van der Waals surface area (Å²) in [5.74, 6) is 0.543. The van der Waals surface area contributed by atoms with Gasteiger partial charge in [-0.1, -0.05) is 13.0 Å². The molecule has 0 aromatic carbocycles. The highest BCUT2D eigenvalue weighted by molar-refractivity contribution is 7.13. The van der Waals surface area contributed by atoms with Gasteiger partial charge in [-0.15, -0.1) is 36.2 Å². The molecule has 2 heterocycles. The summed E-state index contributed by atoms with van der Waals surface area (Å²) in [5, 5.41) is 8.05. The van der Waals surface area contributed by atoms with Crippen molar-refractivity contribution in [1.29, 1.82) is 0 Å². The number of amides is 1. The van der Waals surface area contributed by atoms with Crippen molar-refractivity contribution in [2.24, 2.45) is 0 Å². The SMILES string of the molecule is CCCNCCNC(=O)Cc1coc(-c2cccs2)n1.Cl.Cl. The molecular weight excluding hydrogens is 345 g/mol. The van der Waals surface area contributed by atoms with Gasteiger partial charge >= 0.3 is 0 Å². The van der Waals surface area contributed by atoms with Crippen molar-refractivity contribution in [3.05, 3.63) is 29.5 Å². The van der Waals surface area contributed by atoms with E-state index in [4.69, 9.17) is 4.42 Å². The zero-order chi connectivity index (χ0) is 14.2. The Morgan fingerprint density at radius 2 is 2.14 bits per heavy atom. The van der Waals surface area contributed by atoms with Gasteiger partial charge in [0.15, 0.2) is 0 Å². The lowest BCUT2D eigenvalue weighted by atomic mass is 10.3. The van der Waals surface area contributed by atoms with Crippen LogP contribution in [0.25, 0.3) is 10.8 Å². The maximum Gasteiger partial charge on any atom is 0.236 e. The topological polar surface area (TPSA) is 67.2 Å². The van der Waals surface area contributed by atoms with Crippen LogP contribution in [0.15, 0.2) is 28.2 Å². The molecule has 0 fully saturated rings. The molecule has 0 saturated carbocycles. The first kappa shape index (κ1) is 20.9. The number of carbonyl (C=O) groups is 1. The van der Waals surface area contributed by atoms with Gasteiger partial charge in [-0.05, 0) is 24.4 Å². The molecule has 0 aliphatic carbocycles. The number of carbonyl (C=O) groups excluding carboxylic acids is 1. The standard InChI is InChI=1S/C14H19N3O2S.2ClH/c1-2-5-15-6-7-16-13(18)9-11-10-19-14(17-11)12-4-3-8-20-12;;/h3-4,8,10,15H,2,5-7,9H2,1H3,(H,16,18);2*1H. The van der Waals surface area contributed by atoms with Crippen molar-refractivity contribution in [2.45, 2.75) is 19.8 Å². The van der Waals surface area contributed by atoms with Crippen LogP contribution in [-0.4, -0.2) is 30.5 Å². The second-order valence-electron chi connectivity index (χ2n) is 4.40. The third kappa shape index (κ3) is 6.79. The molecule has 0 aliphatic rings. The number of thiophene rings is 1. The highest BCUT2D eigenvalue weighted by atomic mass is 35.5. The van der Waals surface area contributed by atoms with E-state index in [0.717, 1.165) is 24.4 Å². The highest BCUT2D eigenvalue weighted by Crippen LogP contribution is 2.23. The van der Waals surface area contributed by atoms with Gasteiger partial charge in [-0.25, -0.2) is 4.98 Å². The Morgan fingerprint density at radius 1 is 1.32 bits per heavy atom. The van der Waals surface area contributed by atoms with Crippen LogP contribution >= 0.6 is 36.2 Å². The van der Waals surface area contributed by atoms with E-state index in [-0.39, 0.29) is 37.1 Å². The largest absolute Gasteiger partial charge is 0.444 e. The fourth-order valence-electron chi connectivity index (χ4n) is 1.72. The Bertz CT molecular complexity index is 532. The maximum atomic E-state index is 11.7. The summed E-state index contributed by atoms with van der Waals surface area (Å²) in [4.78, 5) is 17.0. The van der Waals surface area contributed by atoms with Gasteiger partial charge in [0.1, 0.15) is 6.26 Å². The minimum atomic E-state index is -0.0330. The Kier molecular flexibility index (Phi) is 10.9. The van der Waals surface area contributed by atoms with E-state index in [1.165, 1.54) is 0 Å². The average molecular weight is 366 g/mol. The van der Waals surface area contributed by atoms with Crippen molar-refractivity contribution in [2.75, 3.05) is 19.6 Å². The summed E-state index contributed by atoms with van der Waals surface area (Å²) in [6, 6.07) is 3.89. The molecular formula is C14H21Cl2N3O2S. The molecule has 0 saturated heterocycles. The van der Waals surface area contributed by atoms with Gasteiger partial charge in [-0.3, -0.25) is 4.79 Å². The molecule has 5 nitrogen and oxygen atoms in total. The molecule has 0 atom stereocenters. The predicted molar refractivity (Wildman–Crippen MR) is 94.2 cm³/mol. The van der Waals surface area contributed by atoms with E-state index in [2.05, 4.69) is 22.5 Å². The number of nitrogens with one attached hydrogen (secondary N) is 2. The monoisotopic (exact) mass is 365 g/mol. The van der Waals surface area contributed by atoms with Crippen LogP contribution in [-0.2, 0) is 11.2 Å². The van der Waals surface area contributed by atoms with Crippen LogP contribution in [0.4, 0.5) is 0 Å². The van der Waals surface area contributed by atoms with E-state index in [0.29, 0.717) is 18.1 Å². The normalized spacial score (nSPS) is 9.68. The Balaban J connectivity index is 0.00000220. The number of hydrogen-bond donors (Lipinski definition) is 2. The van der Waals surface area contributed by atoms with Crippen LogP contribution in [0.1, 0.15) is 19.0 Å². The van der Waals surface area contributed by atoms with Crippen LogP contribution in [0.5, 0.6) is 0 Å². The first-order chi connectivity index (χ1) is 9.79. The second kappa shape index (κ2) is 11.5. The fraction of sp³-hybridized carbons (Fsp3) is 0.429. The zero-order valence-electron chi connectivity index (χ0n) is 12.3. The van der Waals surface area contributed by atoms with Gasteiger partial charge in [-0.2, -0.15) is 0 Å². The quantitative estimate of drug-likeness (QED) is 0.705. The summed E-state index contributed by atoms with van der Waals surface area (Å²) < 4.78 is 5.37. The van der Waals surface area contributed by atoms with Crippen LogP contribution in [0, 0.1) is 0 Å². The average Bonchev–Trinajstić information content (AvgIpc) is 3.08. The zero-order valence-corrected chi connectivity index (χ0v) is 14.8. The van der Waals surface area contributed by atoms with Gasteiger partial charge < -0.3 is 15.1 Å². The molecule has 8 heteroatoms. The molecule has 0 aliphatic heterocycles. The summed E-state index contributed by atoms with van der Waals surface area (Å²) in [7, 11) is 0. The molecule has 124 valence electrons. The summed E-state index contributed by atoms with van der Waals surface area (Å²) >= 11 is 1.56. The van der Waals surface area contributed by atoms with E-state index < -0.39 is 0 Å². The van der Waals surface area contributed by atoms with Crippen molar-refractivity contribution in [3.8, 4) is 10.8 Å². The molecule has 0 spiro atoms. The number of aromatic nitrogens is 1. The number of hydrogen-bond acceptors (Lipinski definition) is 5. The molecule has 2 rings (SSSR count). The highest BCUT2D eigenvalue weighted by Gasteiger charge is 2.10. The number of oxazole rings is 1. The Labute approximate surface area is 146 Å². The minimum absolute atomic E-state index is 0. The molecule has 1 amide bonds. The summed E-state index contributed by atoms with van der Waals surface area (Å²) in [6.45, 7) is 4.51. The fourth-order valence-corrected chi connectivity index (χ4v) is 2.38. The molecule has 0 bridgehead atoms. The van der Waals surface area contributed by atoms with Crippen LogP contribution in [0.2, 0.25) is 0 Å². The third-order valence-corrected chi connectivity index (χ3v) is 3.53. The van der Waals surface area contributed by atoms with E-state index >= 15 is 0 Å². The van der Waals surface area contributed by atoms with Crippen molar-refractivity contribution >= 4 is 42.1 Å². The van der Waals surface area contributed by atoms with Gasteiger partial charge in [0.2, 0.25) is 11.8 Å². The molecule has 2 aromatic rings. The Hall–Kier alpha value is -1.08. The number of halogens is 2. The second-order valence-corrected chi connectivity index (χ2v) is 5.35. The smallest absolute Gasteiger partial charge is 0.236 e. The molecule has 2 N–H and O–H groups in total. The third-order valence-electron chi connectivity index (χ3n) is 2.68. The van der Waals surface area contributed by atoms with Gasteiger partial charge in [0.25, 0.3) is 0 Å². The van der Waals surface area contributed by atoms with Crippen LogP contribution < -0.4 is 10.6 Å². The van der Waals surface area contributed by atoms with Crippen molar-refractivity contribution in [1.82, 2.24) is 15.6 Å². The maximum absolute atomic E-state index is 11.7. The van der Waals surface area contributed by atoms with Crippen molar-refractivity contribution in [3.63, 3.8) is 0 Å². The Morgan fingerprint density at radius 3 is 2.82 bits per heavy atom. The van der Waals surface area contributed by atoms with E-state index in [1.54, 1.807) is 17.6 Å². The lowest BCUT2D eigenvalue weighted by Gasteiger charge is -2.04. The summed E-state index contributed by atoms with van der Waals surface area (Å²) in [6.07, 6.45) is 2.89. The molecule has 0 radical (unpaired) electrons. The van der Waals surface area contributed by atoms with Gasteiger partial charge in [0, 0.05) is 13.1 Å². The summed E-state index contributed by atoms with van der Waals surface area (Å²) in [5.41, 5.74) is 0.660. The first-order valence-electron chi connectivity index (χ1n) is 6.75. The predicted octanol–water partition coefficient (Wildman–Crippen LogP) is 2.91. The first-order valence-corrected chi connectivity index (χ1v) is 7.63. The van der Waals surface area contributed by atoms with Gasteiger partial charge in [0.05, 0.1) is 17.0 Å². The molecule has 0 unspecified atom stereocenters. The van der Waals surface area contributed by atoms with Crippen LogP contribution in [0.3, 0.4) is 0 Å². The number of rotatable bonds is 8. The van der Waals surface area contributed by atoms with E-state index in [1.807, 2.05) is 17.5 Å². The number of nitrogens with zero attached hydrogens (tertiary/aromatic N) is 1. The van der Waals surface area contributed by atoms with Crippen molar-refractivity contribution < 1.29 is 9.21 Å². The van der Waals surface area contributed by atoms with E-state index in [9.17, 15) is 4.79 Å². The lowest BCUT2D eigenvalue weighted by molar-refractivity contribution is -0.120. The molecule has 2 aromatic heterocycles. The lowest BCUT2D eigenvalue weighted by Crippen LogP contribution is -2.33.